The van der Waals surface area contributed by atoms with E-state index in [0.717, 1.165) is 0 Å². The second-order valence-electron chi connectivity index (χ2n) is 0.537. The highest BCUT2D eigenvalue weighted by molar-refractivity contribution is 8.06. The molecule has 0 saturated heterocycles. The quantitative estimate of drug-likeness (QED) is 0.433. The first-order valence-corrected chi connectivity index (χ1v) is 5.13. The Hall–Kier alpha value is 1.59. The van der Waals surface area contributed by atoms with Crippen LogP contribution in [0.15, 0.2) is 0 Å². The van der Waals surface area contributed by atoms with Gasteiger partial charge in [-0.05, 0) is 0 Å². The zero-order chi connectivity index (χ0) is 5.15. The maximum Gasteiger partial charge on any atom is 0.154 e. The molecule has 0 aliphatic carbocycles. The summed E-state index contributed by atoms with van der Waals surface area (Å²) in [4.78, 5) is 0. The molecule has 0 rings (SSSR count). The molecular formula is CHCl4P. The van der Waals surface area contributed by atoms with Crippen LogP contribution in [-0.4, -0.2) is 4.58 Å². The minimum atomic E-state index is -1.18. The molecule has 0 aliphatic heterocycles. The smallest absolute Gasteiger partial charge is 0.0976 e. The van der Waals surface area contributed by atoms with E-state index in [4.69, 9.17) is 45.7 Å². The summed E-state index contributed by atoms with van der Waals surface area (Å²) >= 11 is 20.6. The molecule has 6 heavy (non-hydrogen) atoms. The third-order valence-corrected chi connectivity index (χ3v) is 3.98. The molecule has 0 amide bonds. The SMILES string of the molecule is ClC(Cl)P(Cl)Cl. The fourth-order valence-electron chi connectivity index (χ4n) is 0. The van der Waals surface area contributed by atoms with Crippen LogP contribution in [0.3, 0.4) is 0 Å². The van der Waals surface area contributed by atoms with E-state index in [1.165, 1.54) is 0 Å². The van der Waals surface area contributed by atoms with Crippen molar-refractivity contribution in [2.24, 2.45) is 0 Å². The van der Waals surface area contributed by atoms with Crippen molar-refractivity contribution in [3.8, 4) is 0 Å². The molecular weight excluding hydrogens is 185 g/mol. The normalized spacial score (nSPS) is 11.0. The molecule has 5 heteroatoms. The lowest BCUT2D eigenvalue weighted by Gasteiger charge is -1.94. The highest BCUT2D eigenvalue weighted by atomic mass is 35.9. The minimum Gasteiger partial charge on any atom is -0.0976 e. The van der Waals surface area contributed by atoms with Gasteiger partial charge < -0.3 is 0 Å². The topological polar surface area (TPSA) is 0 Å². The second kappa shape index (κ2) is 3.57. The Labute approximate surface area is 57.0 Å². The predicted molar refractivity (Wildman–Crippen MR) is 34.1 cm³/mol. The van der Waals surface area contributed by atoms with Gasteiger partial charge in [-0.2, -0.15) is 0 Å². The number of hydrogen-bond acceptors (Lipinski definition) is 0. The van der Waals surface area contributed by atoms with Crippen molar-refractivity contribution in [3.05, 3.63) is 0 Å². The summed E-state index contributed by atoms with van der Waals surface area (Å²) in [7, 11) is 0. The van der Waals surface area contributed by atoms with Crippen LogP contribution in [0.2, 0.25) is 0 Å². The lowest BCUT2D eigenvalue weighted by molar-refractivity contribution is 1.99. The van der Waals surface area contributed by atoms with E-state index in [9.17, 15) is 0 Å². The minimum absolute atomic E-state index is 0.608. The summed E-state index contributed by atoms with van der Waals surface area (Å²) in [6.45, 7) is -1.18. The molecule has 0 nitrogen and oxygen atoms in total. The Morgan fingerprint density at radius 1 is 1.17 bits per heavy atom. The van der Waals surface area contributed by atoms with Crippen molar-refractivity contribution in [2.45, 2.75) is 4.58 Å². The molecule has 0 fully saturated rings. The molecule has 0 radical (unpaired) electrons. The summed E-state index contributed by atoms with van der Waals surface area (Å²) in [5.41, 5.74) is 0. The summed E-state index contributed by atoms with van der Waals surface area (Å²) in [6.07, 6.45) is 0. The molecule has 0 heterocycles. The van der Waals surface area contributed by atoms with Crippen LogP contribution in [0.4, 0.5) is 0 Å². The van der Waals surface area contributed by atoms with E-state index in [0.29, 0.717) is 0 Å². The summed E-state index contributed by atoms with van der Waals surface area (Å²) in [5.74, 6) is 0. The van der Waals surface area contributed by atoms with Gasteiger partial charge in [0, 0.05) is 0 Å². The zero-order valence-corrected chi connectivity index (χ0v) is 6.45. The maximum atomic E-state index is 5.18. The van der Waals surface area contributed by atoms with Gasteiger partial charge in [-0.1, -0.05) is 45.7 Å². The third kappa shape index (κ3) is 3.77. The van der Waals surface area contributed by atoms with E-state index < -0.39 is 11.2 Å². The van der Waals surface area contributed by atoms with E-state index in [-0.39, 0.29) is 0 Å². The van der Waals surface area contributed by atoms with Gasteiger partial charge in [0.15, 0.2) is 4.58 Å². The number of halogens is 4. The van der Waals surface area contributed by atoms with E-state index in [1.807, 2.05) is 0 Å². The van der Waals surface area contributed by atoms with Crippen LogP contribution in [0.25, 0.3) is 0 Å². The van der Waals surface area contributed by atoms with Gasteiger partial charge in [-0.25, -0.2) is 0 Å². The molecule has 0 aromatic carbocycles. The third-order valence-electron chi connectivity index (χ3n) is 0.148. The fraction of sp³-hybridized carbons (Fsp3) is 1.00. The Kier molecular flexibility index (Phi) is 4.52. The van der Waals surface area contributed by atoms with Crippen LogP contribution in [0, 0.1) is 0 Å². The van der Waals surface area contributed by atoms with Crippen LogP contribution < -0.4 is 0 Å². The first-order valence-electron chi connectivity index (χ1n) is 1.03. The Morgan fingerprint density at radius 3 is 1.33 bits per heavy atom. The average molecular weight is 186 g/mol. The Bertz CT molecular complexity index is 28.5. The molecule has 0 saturated carbocycles. The molecule has 38 valence electrons. The molecule has 0 aliphatic rings. The maximum absolute atomic E-state index is 5.18. The highest BCUT2D eigenvalue weighted by Crippen LogP contribution is 2.54. The summed E-state index contributed by atoms with van der Waals surface area (Å²) in [6, 6.07) is 0. The van der Waals surface area contributed by atoms with Crippen molar-refractivity contribution < 1.29 is 0 Å². The van der Waals surface area contributed by atoms with Gasteiger partial charge in [-0.15, -0.1) is 0 Å². The van der Waals surface area contributed by atoms with Crippen molar-refractivity contribution >= 4 is 52.3 Å². The molecule has 0 N–H and O–H groups in total. The molecule has 0 unspecified atom stereocenters. The monoisotopic (exact) mass is 184 g/mol. The lowest BCUT2D eigenvalue weighted by Crippen LogP contribution is -1.66. The molecule has 0 spiro atoms. The zero-order valence-electron chi connectivity index (χ0n) is 2.54. The van der Waals surface area contributed by atoms with Crippen molar-refractivity contribution in [2.75, 3.05) is 0 Å². The highest BCUT2D eigenvalue weighted by Gasteiger charge is 2.07. The van der Waals surface area contributed by atoms with Crippen molar-refractivity contribution in [3.63, 3.8) is 0 Å². The van der Waals surface area contributed by atoms with Gasteiger partial charge in [0.05, 0.1) is 0 Å². The van der Waals surface area contributed by atoms with Crippen molar-refractivity contribution in [1.29, 1.82) is 0 Å². The Balaban J connectivity index is 2.99. The van der Waals surface area contributed by atoms with E-state index >= 15 is 0 Å². The molecule has 0 aromatic heterocycles. The number of hydrogen-bond donors (Lipinski definition) is 0. The van der Waals surface area contributed by atoms with Crippen LogP contribution >= 0.6 is 52.3 Å². The standard InChI is InChI=1S/CHCl4P/c2-1(3)6(4)5/h1H. The first-order chi connectivity index (χ1) is 2.64. The van der Waals surface area contributed by atoms with Gasteiger partial charge in [0.25, 0.3) is 0 Å². The van der Waals surface area contributed by atoms with Gasteiger partial charge >= 0.3 is 0 Å². The average Bonchev–Trinajstić information content (AvgIpc) is 1.36. The Morgan fingerprint density at radius 2 is 1.33 bits per heavy atom. The predicted octanol–water partition coefficient (Wildman–Crippen LogP) is 3.54. The fourth-order valence-corrected chi connectivity index (χ4v) is 0. The summed E-state index contributed by atoms with van der Waals surface area (Å²) < 4.78 is -0.608. The van der Waals surface area contributed by atoms with Crippen molar-refractivity contribution in [1.82, 2.24) is 0 Å². The van der Waals surface area contributed by atoms with Gasteiger partial charge in [0.2, 0.25) is 0 Å². The number of alkyl halides is 2. The lowest BCUT2D eigenvalue weighted by atomic mass is 11.9. The van der Waals surface area contributed by atoms with Crippen LogP contribution in [0.5, 0.6) is 0 Å². The van der Waals surface area contributed by atoms with E-state index in [1.54, 1.807) is 0 Å². The number of rotatable bonds is 1. The summed E-state index contributed by atoms with van der Waals surface area (Å²) in [5, 5.41) is 0. The first kappa shape index (κ1) is 7.59. The second-order valence-corrected chi connectivity index (χ2v) is 5.98. The van der Waals surface area contributed by atoms with Crippen LogP contribution in [-0.2, 0) is 0 Å². The largest absolute Gasteiger partial charge is 0.154 e. The van der Waals surface area contributed by atoms with Crippen LogP contribution in [0.1, 0.15) is 0 Å². The molecule has 0 aromatic rings. The van der Waals surface area contributed by atoms with E-state index in [2.05, 4.69) is 0 Å². The molecule has 0 atom stereocenters. The van der Waals surface area contributed by atoms with Gasteiger partial charge in [0.1, 0.15) is 6.63 Å². The van der Waals surface area contributed by atoms with Gasteiger partial charge in [-0.3, -0.25) is 0 Å². The molecule has 0 bridgehead atoms.